The van der Waals surface area contributed by atoms with Crippen molar-refractivity contribution in [2.24, 2.45) is 5.73 Å². The van der Waals surface area contributed by atoms with Crippen LogP contribution in [-0.2, 0) is 12.8 Å². The molecule has 2 rings (SSSR count). The normalized spacial score (nSPS) is 14.1. The zero-order valence-corrected chi connectivity index (χ0v) is 8.42. The van der Waals surface area contributed by atoms with Crippen molar-refractivity contribution in [3.8, 4) is 0 Å². The Morgan fingerprint density at radius 2 is 2.21 bits per heavy atom. The standard InChI is InChI=1S/C11H17N3/c12-5-2-6-13-11-7-9-3-1-4-10(9)8-14-11/h7-8H,1-6,12H2,(H,13,14). The maximum atomic E-state index is 5.42. The molecule has 3 heteroatoms. The first-order chi connectivity index (χ1) is 6.90. The smallest absolute Gasteiger partial charge is 0.126 e. The van der Waals surface area contributed by atoms with Crippen molar-refractivity contribution in [3.63, 3.8) is 0 Å². The number of aryl methyl sites for hydroxylation is 2. The van der Waals surface area contributed by atoms with Crippen molar-refractivity contribution >= 4 is 5.82 Å². The Morgan fingerprint density at radius 1 is 1.36 bits per heavy atom. The molecule has 0 aliphatic heterocycles. The van der Waals surface area contributed by atoms with Gasteiger partial charge in [-0.1, -0.05) is 0 Å². The van der Waals surface area contributed by atoms with Crippen LogP contribution < -0.4 is 11.1 Å². The summed E-state index contributed by atoms with van der Waals surface area (Å²) in [5, 5.41) is 3.28. The molecule has 1 heterocycles. The number of pyridine rings is 1. The van der Waals surface area contributed by atoms with Gasteiger partial charge in [0.1, 0.15) is 5.82 Å². The molecule has 0 saturated carbocycles. The van der Waals surface area contributed by atoms with Crippen molar-refractivity contribution in [2.75, 3.05) is 18.4 Å². The number of hydrogen-bond donors (Lipinski definition) is 2. The highest BCUT2D eigenvalue weighted by Gasteiger charge is 2.11. The molecule has 0 radical (unpaired) electrons. The highest BCUT2D eigenvalue weighted by atomic mass is 15.0. The molecular weight excluding hydrogens is 174 g/mol. The summed E-state index contributed by atoms with van der Waals surface area (Å²) < 4.78 is 0. The lowest BCUT2D eigenvalue weighted by atomic mass is 10.2. The van der Waals surface area contributed by atoms with E-state index in [2.05, 4.69) is 16.4 Å². The lowest BCUT2D eigenvalue weighted by Gasteiger charge is -2.06. The highest BCUT2D eigenvalue weighted by molar-refractivity contribution is 5.42. The third-order valence-electron chi connectivity index (χ3n) is 2.66. The summed E-state index contributed by atoms with van der Waals surface area (Å²) in [5.74, 6) is 0.999. The van der Waals surface area contributed by atoms with Gasteiger partial charge >= 0.3 is 0 Å². The van der Waals surface area contributed by atoms with Gasteiger partial charge in [0.15, 0.2) is 0 Å². The first kappa shape index (κ1) is 9.46. The Kier molecular flexibility index (Phi) is 2.99. The Bertz CT molecular complexity index is 309. The molecule has 76 valence electrons. The van der Waals surface area contributed by atoms with Crippen LogP contribution in [-0.4, -0.2) is 18.1 Å². The molecular formula is C11H17N3. The fourth-order valence-corrected chi connectivity index (χ4v) is 1.87. The van der Waals surface area contributed by atoms with Crippen LogP contribution in [0.15, 0.2) is 12.3 Å². The average molecular weight is 191 g/mol. The molecule has 3 nitrogen and oxygen atoms in total. The minimum atomic E-state index is 0.734. The second-order valence-electron chi connectivity index (χ2n) is 3.76. The van der Waals surface area contributed by atoms with Gasteiger partial charge in [-0.2, -0.15) is 0 Å². The van der Waals surface area contributed by atoms with Crippen molar-refractivity contribution < 1.29 is 0 Å². The predicted octanol–water partition coefficient (Wildman–Crippen LogP) is 1.33. The third-order valence-corrected chi connectivity index (χ3v) is 2.66. The van der Waals surface area contributed by atoms with E-state index in [1.54, 1.807) is 0 Å². The summed E-state index contributed by atoms with van der Waals surface area (Å²) in [6.07, 6.45) is 6.70. The summed E-state index contributed by atoms with van der Waals surface area (Å²) >= 11 is 0. The number of fused-ring (bicyclic) bond motifs is 1. The largest absolute Gasteiger partial charge is 0.370 e. The molecule has 1 aromatic rings. The molecule has 3 N–H and O–H groups in total. The first-order valence-electron chi connectivity index (χ1n) is 5.32. The van der Waals surface area contributed by atoms with Crippen LogP contribution in [0, 0.1) is 0 Å². The van der Waals surface area contributed by atoms with Crippen molar-refractivity contribution in [3.05, 3.63) is 23.4 Å². The van der Waals surface area contributed by atoms with Gasteiger partial charge in [0.25, 0.3) is 0 Å². The van der Waals surface area contributed by atoms with Gasteiger partial charge in [-0.25, -0.2) is 4.98 Å². The lowest BCUT2D eigenvalue weighted by Crippen LogP contribution is -2.09. The van der Waals surface area contributed by atoms with Crippen molar-refractivity contribution in [2.45, 2.75) is 25.7 Å². The van der Waals surface area contributed by atoms with E-state index in [-0.39, 0.29) is 0 Å². The third kappa shape index (κ3) is 2.04. The molecule has 0 spiro atoms. The van der Waals surface area contributed by atoms with Gasteiger partial charge < -0.3 is 11.1 Å². The number of rotatable bonds is 4. The fraction of sp³-hybridized carbons (Fsp3) is 0.545. The molecule has 1 aliphatic carbocycles. The van der Waals surface area contributed by atoms with Gasteiger partial charge in [0, 0.05) is 12.7 Å². The number of hydrogen-bond acceptors (Lipinski definition) is 3. The fourth-order valence-electron chi connectivity index (χ4n) is 1.87. The molecule has 0 atom stereocenters. The topological polar surface area (TPSA) is 50.9 Å². The lowest BCUT2D eigenvalue weighted by molar-refractivity contribution is 0.869. The van der Waals surface area contributed by atoms with E-state index in [4.69, 9.17) is 5.73 Å². The van der Waals surface area contributed by atoms with Crippen LogP contribution in [0.4, 0.5) is 5.82 Å². The zero-order valence-electron chi connectivity index (χ0n) is 8.42. The Hall–Kier alpha value is -1.09. The molecule has 14 heavy (non-hydrogen) atoms. The van der Waals surface area contributed by atoms with Crippen LogP contribution in [0.3, 0.4) is 0 Å². The quantitative estimate of drug-likeness (QED) is 0.706. The Morgan fingerprint density at radius 3 is 3.07 bits per heavy atom. The number of aromatic nitrogens is 1. The molecule has 0 fully saturated rings. The van der Waals surface area contributed by atoms with E-state index < -0.39 is 0 Å². The number of nitrogens with two attached hydrogens (primary N) is 1. The molecule has 0 unspecified atom stereocenters. The highest BCUT2D eigenvalue weighted by Crippen LogP contribution is 2.22. The summed E-state index contributed by atoms with van der Waals surface area (Å²) in [6, 6.07) is 2.18. The van der Waals surface area contributed by atoms with Gasteiger partial charge in [-0.3, -0.25) is 0 Å². The average Bonchev–Trinajstić information content (AvgIpc) is 2.65. The monoisotopic (exact) mass is 191 g/mol. The van der Waals surface area contributed by atoms with Crippen molar-refractivity contribution in [1.82, 2.24) is 4.98 Å². The first-order valence-corrected chi connectivity index (χ1v) is 5.32. The number of nitrogens with zero attached hydrogens (tertiary/aromatic N) is 1. The minimum Gasteiger partial charge on any atom is -0.370 e. The van der Waals surface area contributed by atoms with Crippen LogP contribution in [0.5, 0.6) is 0 Å². The molecule has 0 bridgehead atoms. The van der Waals surface area contributed by atoms with Crippen LogP contribution in [0.1, 0.15) is 24.0 Å². The summed E-state index contributed by atoms with van der Waals surface area (Å²) in [5.41, 5.74) is 8.32. The van der Waals surface area contributed by atoms with Gasteiger partial charge in [0.05, 0.1) is 0 Å². The Balaban J connectivity index is 1.98. The van der Waals surface area contributed by atoms with E-state index in [9.17, 15) is 0 Å². The van der Waals surface area contributed by atoms with Gasteiger partial charge in [0.2, 0.25) is 0 Å². The molecule has 0 amide bonds. The zero-order chi connectivity index (χ0) is 9.80. The molecule has 1 aromatic heterocycles. The molecule has 0 saturated heterocycles. The Labute approximate surface area is 84.7 Å². The maximum absolute atomic E-state index is 5.42. The second kappa shape index (κ2) is 4.42. The van der Waals surface area contributed by atoms with Gasteiger partial charge in [-0.05, 0) is 49.4 Å². The van der Waals surface area contributed by atoms with E-state index in [0.29, 0.717) is 0 Å². The molecule has 0 aromatic carbocycles. The summed E-state index contributed by atoms with van der Waals surface area (Å²) in [7, 11) is 0. The summed E-state index contributed by atoms with van der Waals surface area (Å²) in [6.45, 7) is 1.65. The van der Waals surface area contributed by atoms with Crippen LogP contribution in [0.2, 0.25) is 0 Å². The van der Waals surface area contributed by atoms with E-state index >= 15 is 0 Å². The van der Waals surface area contributed by atoms with E-state index in [1.807, 2.05) is 6.20 Å². The van der Waals surface area contributed by atoms with Crippen LogP contribution >= 0.6 is 0 Å². The molecule has 1 aliphatic rings. The van der Waals surface area contributed by atoms with Crippen molar-refractivity contribution in [1.29, 1.82) is 0 Å². The SMILES string of the molecule is NCCCNc1cc2c(cn1)CCC2. The maximum Gasteiger partial charge on any atom is 0.126 e. The van der Waals surface area contributed by atoms with Gasteiger partial charge in [-0.15, -0.1) is 0 Å². The van der Waals surface area contributed by atoms with Crippen LogP contribution in [0.25, 0.3) is 0 Å². The van der Waals surface area contributed by atoms with E-state index in [1.165, 1.54) is 30.4 Å². The number of anilines is 1. The minimum absolute atomic E-state index is 0.734. The second-order valence-corrected chi connectivity index (χ2v) is 3.76. The summed E-state index contributed by atoms with van der Waals surface area (Å²) in [4.78, 5) is 4.37. The number of nitrogens with one attached hydrogen (secondary N) is 1. The van der Waals surface area contributed by atoms with E-state index in [0.717, 1.165) is 25.3 Å². The predicted molar refractivity (Wildman–Crippen MR) is 58.4 cm³/mol.